The molecule has 0 bridgehead atoms. The van der Waals surface area contributed by atoms with Crippen molar-refractivity contribution in [3.63, 3.8) is 0 Å². The second-order valence-corrected chi connectivity index (χ2v) is 12.2. The first-order chi connectivity index (χ1) is 24.4. The minimum Gasteiger partial charge on any atom is -0.507 e. The van der Waals surface area contributed by atoms with Crippen molar-refractivity contribution in [3.8, 4) is 17.2 Å². The second kappa shape index (κ2) is 24.1. The molecular formula is C37H51N3O12. The van der Waals surface area contributed by atoms with E-state index >= 15 is 0 Å². The number of ether oxygens (including phenoxy) is 2. The van der Waals surface area contributed by atoms with Gasteiger partial charge < -0.3 is 51.0 Å². The zero-order chi connectivity index (χ0) is 39.8. The van der Waals surface area contributed by atoms with Gasteiger partial charge in [-0.05, 0) is 57.2 Å². The maximum Gasteiger partial charge on any atom is 0.302 e. The van der Waals surface area contributed by atoms with Crippen LogP contribution in [0.3, 0.4) is 0 Å². The summed E-state index contributed by atoms with van der Waals surface area (Å²) in [5.74, 6) is -0.640. The SMILES string of the molecule is CC(=O)OCC(C)(COC(C)=O)N=Cc1ccccc1O.CC(CO)(CO)N=Cc1ccccc1O.CC(N)(CO)CO.O=Cc1ccccc1O. The number of aliphatic imine (C=N–C) groups is 2. The summed E-state index contributed by atoms with van der Waals surface area (Å²) in [6.07, 6.45) is 3.53. The molecule has 3 rings (SSSR count). The Morgan fingerprint density at radius 3 is 1.19 bits per heavy atom. The van der Waals surface area contributed by atoms with E-state index in [0.717, 1.165) is 0 Å². The summed E-state index contributed by atoms with van der Waals surface area (Å²) in [7, 11) is 0. The third-order valence-electron chi connectivity index (χ3n) is 6.54. The van der Waals surface area contributed by atoms with Gasteiger partial charge in [0, 0.05) is 37.4 Å². The van der Waals surface area contributed by atoms with Gasteiger partial charge in [-0.3, -0.25) is 24.4 Å². The van der Waals surface area contributed by atoms with Crippen LogP contribution in [0, 0.1) is 0 Å². The molecule has 0 atom stereocenters. The van der Waals surface area contributed by atoms with Crippen molar-refractivity contribution < 1.29 is 59.6 Å². The molecule has 0 amide bonds. The highest BCUT2D eigenvalue weighted by atomic mass is 16.5. The number of aromatic hydroxyl groups is 3. The molecule has 15 heteroatoms. The number of para-hydroxylation sites is 3. The van der Waals surface area contributed by atoms with Gasteiger partial charge in [0.2, 0.25) is 0 Å². The van der Waals surface area contributed by atoms with E-state index in [0.29, 0.717) is 23.0 Å². The van der Waals surface area contributed by atoms with Crippen LogP contribution in [0.15, 0.2) is 82.8 Å². The zero-order valence-corrected chi connectivity index (χ0v) is 30.0. The van der Waals surface area contributed by atoms with Crippen LogP contribution in [0.2, 0.25) is 0 Å². The monoisotopic (exact) mass is 729 g/mol. The number of hydrogen-bond acceptors (Lipinski definition) is 15. The number of aldehydes is 1. The van der Waals surface area contributed by atoms with E-state index in [1.165, 1.54) is 38.4 Å². The maximum absolute atomic E-state index is 10.9. The van der Waals surface area contributed by atoms with Gasteiger partial charge in [0.05, 0.1) is 37.5 Å². The molecule has 0 saturated heterocycles. The number of esters is 2. The molecule has 9 N–H and O–H groups in total. The molecule has 0 aliphatic rings. The number of aliphatic hydroxyl groups is 4. The van der Waals surface area contributed by atoms with Crippen molar-refractivity contribution in [3.05, 3.63) is 89.5 Å². The number of carbonyl (C=O) groups excluding carboxylic acids is 3. The van der Waals surface area contributed by atoms with Gasteiger partial charge in [-0.1, -0.05) is 36.4 Å². The number of rotatable bonds is 13. The van der Waals surface area contributed by atoms with Gasteiger partial charge in [-0.25, -0.2) is 0 Å². The molecule has 15 nitrogen and oxygen atoms in total. The molecule has 0 fully saturated rings. The van der Waals surface area contributed by atoms with Crippen molar-refractivity contribution in [2.24, 2.45) is 15.7 Å². The largest absolute Gasteiger partial charge is 0.507 e. The van der Waals surface area contributed by atoms with Crippen LogP contribution >= 0.6 is 0 Å². The first-order valence-corrected chi connectivity index (χ1v) is 15.8. The molecule has 52 heavy (non-hydrogen) atoms. The minimum atomic E-state index is -0.917. The van der Waals surface area contributed by atoms with Crippen LogP contribution in [0.25, 0.3) is 0 Å². The van der Waals surface area contributed by atoms with Gasteiger partial charge in [0.15, 0.2) is 6.29 Å². The number of carbonyl (C=O) groups is 3. The topological polar surface area (TPSA) is 262 Å². The van der Waals surface area contributed by atoms with Crippen molar-refractivity contribution in [2.45, 2.75) is 51.2 Å². The number of nitrogens with two attached hydrogens (primary N) is 1. The summed E-state index contributed by atoms with van der Waals surface area (Å²) in [6, 6.07) is 19.8. The number of phenols is 3. The Bertz CT molecular complexity index is 1550. The molecule has 0 unspecified atom stereocenters. The Morgan fingerprint density at radius 2 is 0.942 bits per heavy atom. The summed E-state index contributed by atoms with van der Waals surface area (Å²) < 4.78 is 9.90. The van der Waals surface area contributed by atoms with Gasteiger partial charge in [-0.15, -0.1) is 0 Å². The lowest BCUT2D eigenvalue weighted by atomic mass is 10.1. The standard InChI is InChI=1S/C15H19NO5.C11H15NO3.C7H6O2.C4H11NO2/c1-11(17)20-9-15(3,10-21-12(2)18)16-8-13-6-4-5-7-14(13)19;1-11(7-13,8-14)12-6-9-4-2-3-5-10(9)15;8-5-6-3-1-2-4-7(6)9;1-4(5,2-6)3-7/h4-8,19H,9-10H2,1-3H3;2-6,13-15H,7-8H2,1H3;1-5,9H;6-7H,2-3,5H2,1H3. The first kappa shape index (κ1) is 46.8. The van der Waals surface area contributed by atoms with Crippen molar-refractivity contribution >= 4 is 30.7 Å². The molecule has 286 valence electrons. The minimum absolute atomic E-state index is 0.0281. The smallest absolute Gasteiger partial charge is 0.302 e. The summed E-state index contributed by atoms with van der Waals surface area (Å²) in [5, 5.41) is 62.6. The van der Waals surface area contributed by atoms with Gasteiger partial charge in [0.1, 0.15) is 41.5 Å². The fraction of sp³-hybridized carbons (Fsp3) is 0.378. The fourth-order valence-corrected chi connectivity index (χ4v) is 3.04. The van der Waals surface area contributed by atoms with E-state index in [4.69, 9.17) is 40.7 Å². The first-order valence-electron chi connectivity index (χ1n) is 15.8. The van der Waals surface area contributed by atoms with Crippen molar-refractivity contribution in [1.29, 1.82) is 0 Å². The van der Waals surface area contributed by atoms with Gasteiger partial charge >= 0.3 is 11.9 Å². The molecule has 0 heterocycles. The number of benzene rings is 3. The summed E-state index contributed by atoms with van der Waals surface area (Å²) in [5.41, 5.74) is 4.01. The third kappa shape index (κ3) is 19.9. The highest BCUT2D eigenvalue weighted by Crippen LogP contribution is 2.18. The average molecular weight is 730 g/mol. The Balaban J connectivity index is 0.000000727. The second-order valence-electron chi connectivity index (χ2n) is 12.2. The molecule has 0 saturated carbocycles. The average Bonchev–Trinajstić information content (AvgIpc) is 3.13. The molecule has 0 aliphatic carbocycles. The highest BCUT2D eigenvalue weighted by Gasteiger charge is 2.26. The number of phenolic OH excluding ortho intramolecular Hbond substituents is 3. The van der Waals surface area contributed by atoms with Gasteiger partial charge in [0.25, 0.3) is 0 Å². The van der Waals surface area contributed by atoms with Crippen molar-refractivity contribution in [2.75, 3.05) is 39.6 Å². The summed E-state index contributed by atoms with van der Waals surface area (Å²) in [4.78, 5) is 40.3. The van der Waals surface area contributed by atoms with E-state index in [2.05, 4.69) is 9.98 Å². The van der Waals surface area contributed by atoms with Crippen LogP contribution in [0.4, 0.5) is 0 Å². The molecule has 0 aromatic heterocycles. The predicted octanol–water partition coefficient (Wildman–Crippen LogP) is 2.14. The Morgan fingerprint density at radius 1 is 0.615 bits per heavy atom. The van der Waals surface area contributed by atoms with Crippen LogP contribution in [-0.4, -0.2) is 123 Å². The van der Waals surface area contributed by atoms with E-state index in [1.54, 1.807) is 81.4 Å². The highest BCUT2D eigenvalue weighted by molar-refractivity contribution is 5.84. The van der Waals surface area contributed by atoms with E-state index in [9.17, 15) is 24.6 Å². The van der Waals surface area contributed by atoms with Crippen LogP contribution in [-0.2, 0) is 19.1 Å². The number of aliphatic hydroxyl groups excluding tert-OH is 4. The van der Waals surface area contributed by atoms with E-state index in [1.807, 2.05) is 0 Å². The van der Waals surface area contributed by atoms with Crippen molar-refractivity contribution in [1.82, 2.24) is 0 Å². The molecule has 3 aromatic rings. The third-order valence-corrected chi connectivity index (χ3v) is 6.54. The van der Waals surface area contributed by atoms with E-state index < -0.39 is 28.6 Å². The maximum atomic E-state index is 10.9. The predicted molar refractivity (Wildman–Crippen MR) is 196 cm³/mol. The van der Waals surface area contributed by atoms with Crippen LogP contribution in [0.5, 0.6) is 17.2 Å². The van der Waals surface area contributed by atoms with Crippen LogP contribution < -0.4 is 5.73 Å². The molecule has 3 aromatic carbocycles. The Hall–Kier alpha value is -5.19. The molecule has 0 spiro atoms. The van der Waals surface area contributed by atoms with Gasteiger partial charge in [-0.2, -0.15) is 0 Å². The normalized spacial score (nSPS) is 11.3. The summed E-state index contributed by atoms with van der Waals surface area (Å²) in [6.45, 7) is 6.58. The molecule has 0 aliphatic heterocycles. The molecular weight excluding hydrogens is 678 g/mol. The lowest BCUT2D eigenvalue weighted by Crippen LogP contribution is -2.43. The number of nitrogens with zero attached hydrogens (tertiary/aromatic N) is 2. The summed E-state index contributed by atoms with van der Waals surface area (Å²) >= 11 is 0. The van der Waals surface area contributed by atoms with Crippen LogP contribution in [0.1, 0.15) is 56.1 Å². The lowest BCUT2D eigenvalue weighted by Gasteiger charge is -2.23. The Kier molecular flexibility index (Phi) is 21.7. The van der Waals surface area contributed by atoms with E-state index in [-0.39, 0.29) is 56.9 Å². The Labute approximate surface area is 303 Å². The quantitative estimate of drug-likeness (QED) is 0.0713. The lowest BCUT2D eigenvalue weighted by molar-refractivity contribution is -0.146. The number of hydrogen-bond donors (Lipinski definition) is 8. The zero-order valence-electron chi connectivity index (χ0n) is 30.0. The molecule has 0 radical (unpaired) electrons. The fourth-order valence-electron chi connectivity index (χ4n) is 3.04.